The molecule has 0 saturated heterocycles. The molecule has 1 aliphatic carbocycles. The minimum Gasteiger partial charge on any atom is -0.490 e. The van der Waals surface area contributed by atoms with E-state index in [1.165, 1.54) is 0 Å². The summed E-state index contributed by atoms with van der Waals surface area (Å²) >= 11 is 0. The quantitative estimate of drug-likeness (QED) is 0.660. The zero-order chi connectivity index (χ0) is 16.8. The van der Waals surface area contributed by atoms with Crippen molar-refractivity contribution in [3.05, 3.63) is 65.6 Å². The first-order chi connectivity index (χ1) is 11.8. The SMILES string of the molecule is C=Cc1ccc(OC2CCC(Oc3ccc(N=O)cc3)CC2)cc1. The molecule has 2 aromatic rings. The van der Waals surface area contributed by atoms with Crippen LogP contribution in [0, 0.1) is 4.91 Å². The van der Waals surface area contributed by atoms with Crippen LogP contribution in [0.4, 0.5) is 5.69 Å². The number of hydrogen-bond acceptors (Lipinski definition) is 4. The van der Waals surface area contributed by atoms with Crippen LogP contribution in [-0.4, -0.2) is 12.2 Å². The first-order valence-electron chi connectivity index (χ1n) is 8.26. The number of benzene rings is 2. The van der Waals surface area contributed by atoms with Crippen LogP contribution in [0.5, 0.6) is 11.5 Å². The maximum Gasteiger partial charge on any atom is 0.119 e. The number of nitroso groups, excluding NO2 is 1. The summed E-state index contributed by atoms with van der Waals surface area (Å²) in [6, 6.07) is 14.9. The second-order valence-electron chi connectivity index (χ2n) is 5.99. The molecule has 124 valence electrons. The van der Waals surface area contributed by atoms with Crippen molar-refractivity contribution in [3.8, 4) is 11.5 Å². The third-order valence-corrected chi connectivity index (χ3v) is 4.28. The van der Waals surface area contributed by atoms with Gasteiger partial charge in [0.05, 0.1) is 12.2 Å². The van der Waals surface area contributed by atoms with E-state index in [9.17, 15) is 4.91 Å². The van der Waals surface area contributed by atoms with Gasteiger partial charge in [0.1, 0.15) is 17.2 Å². The topological polar surface area (TPSA) is 47.9 Å². The van der Waals surface area contributed by atoms with Crippen molar-refractivity contribution < 1.29 is 9.47 Å². The van der Waals surface area contributed by atoms with Gasteiger partial charge in [0, 0.05) is 0 Å². The van der Waals surface area contributed by atoms with Crippen LogP contribution in [0.2, 0.25) is 0 Å². The Labute approximate surface area is 142 Å². The molecule has 0 atom stereocenters. The van der Waals surface area contributed by atoms with Crippen molar-refractivity contribution in [2.45, 2.75) is 37.9 Å². The summed E-state index contributed by atoms with van der Waals surface area (Å²) in [7, 11) is 0. The van der Waals surface area contributed by atoms with Crippen molar-refractivity contribution in [1.29, 1.82) is 0 Å². The van der Waals surface area contributed by atoms with Crippen LogP contribution in [0.25, 0.3) is 6.08 Å². The molecule has 0 aromatic heterocycles. The van der Waals surface area contributed by atoms with E-state index >= 15 is 0 Å². The van der Waals surface area contributed by atoms with Gasteiger partial charge in [-0.3, -0.25) is 0 Å². The van der Waals surface area contributed by atoms with E-state index in [4.69, 9.17) is 9.47 Å². The van der Waals surface area contributed by atoms with E-state index in [1.807, 2.05) is 30.3 Å². The number of hydrogen-bond donors (Lipinski definition) is 0. The summed E-state index contributed by atoms with van der Waals surface area (Å²) in [5, 5.41) is 2.89. The molecule has 1 aliphatic rings. The highest BCUT2D eigenvalue weighted by atomic mass is 16.5. The zero-order valence-electron chi connectivity index (χ0n) is 13.6. The predicted octanol–water partition coefficient (Wildman–Crippen LogP) is 5.50. The molecule has 0 N–H and O–H groups in total. The lowest BCUT2D eigenvalue weighted by Gasteiger charge is -2.29. The van der Waals surface area contributed by atoms with E-state index in [0.717, 1.165) is 42.7 Å². The summed E-state index contributed by atoms with van der Waals surface area (Å²) in [6.45, 7) is 3.75. The predicted molar refractivity (Wildman–Crippen MR) is 95.7 cm³/mol. The first kappa shape index (κ1) is 16.2. The number of ether oxygens (including phenoxy) is 2. The molecule has 0 aliphatic heterocycles. The Morgan fingerprint density at radius 1 is 0.833 bits per heavy atom. The molecule has 4 heteroatoms. The highest BCUT2D eigenvalue weighted by molar-refractivity contribution is 5.48. The molecule has 0 radical (unpaired) electrons. The molecule has 4 nitrogen and oxygen atoms in total. The highest BCUT2D eigenvalue weighted by Gasteiger charge is 2.23. The van der Waals surface area contributed by atoms with Crippen molar-refractivity contribution in [2.75, 3.05) is 0 Å². The summed E-state index contributed by atoms with van der Waals surface area (Å²) in [6.07, 6.45) is 6.13. The first-order valence-corrected chi connectivity index (χ1v) is 8.26. The molecular weight excluding hydrogens is 302 g/mol. The van der Waals surface area contributed by atoms with Gasteiger partial charge < -0.3 is 9.47 Å². The Hall–Kier alpha value is -2.62. The molecule has 24 heavy (non-hydrogen) atoms. The van der Waals surface area contributed by atoms with E-state index in [0.29, 0.717) is 5.69 Å². The van der Waals surface area contributed by atoms with E-state index in [2.05, 4.69) is 11.8 Å². The summed E-state index contributed by atoms with van der Waals surface area (Å²) in [5.41, 5.74) is 1.51. The second kappa shape index (κ2) is 7.77. The Morgan fingerprint density at radius 3 is 1.71 bits per heavy atom. The van der Waals surface area contributed by atoms with Gasteiger partial charge in [-0.1, -0.05) is 24.8 Å². The fraction of sp³-hybridized carbons (Fsp3) is 0.300. The average molecular weight is 323 g/mol. The highest BCUT2D eigenvalue weighted by Crippen LogP contribution is 2.28. The third-order valence-electron chi connectivity index (χ3n) is 4.28. The Morgan fingerprint density at radius 2 is 1.29 bits per heavy atom. The van der Waals surface area contributed by atoms with Crippen LogP contribution in [-0.2, 0) is 0 Å². The minimum absolute atomic E-state index is 0.197. The van der Waals surface area contributed by atoms with Gasteiger partial charge in [-0.05, 0) is 72.8 Å². The molecule has 0 spiro atoms. The molecule has 0 bridgehead atoms. The third kappa shape index (κ3) is 4.22. The van der Waals surface area contributed by atoms with Gasteiger partial charge in [0.2, 0.25) is 0 Å². The molecule has 0 unspecified atom stereocenters. The Bertz CT molecular complexity index is 610. The molecule has 0 amide bonds. The van der Waals surface area contributed by atoms with Crippen molar-refractivity contribution >= 4 is 11.8 Å². The van der Waals surface area contributed by atoms with Gasteiger partial charge in [-0.2, -0.15) is 0 Å². The van der Waals surface area contributed by atoms with Crippen molar-refractivity contribution in [2.24, 2.45) is 5.18 Å². The van der Waals surface area contributed by atoms with Crippen LogP contribution < -0.4 is 9.47 Å². The van der Waals surface area contributed by atoms with E-state index in [-0.39, 0.29) is 12.2 Å². The van der Waals surface area contributed by atoms with Crippen LogP contribution in [0.3, 0.4) is 0 Å². The second-order valence-corrected chi connectivity index (χ2v) is 5.99. The van der Waals surface area contributed by atoms with Gasteiger partial charge in [-0.25, -0.2) is 0 Å². The van der Waals surface area contributed by atoms with Gasteiger partial charge in [0.25, 0.3) is 0 Å². The van der Waals surface area contributed by atoms with E-state index < -0.39 is 0 Å². The molecule has 3 rings (SSSR count). The fourth-order valence-electron chi connectivity index (χ4n) is 2.92. The van der Waals surface area contributed by atoms with Crippen molar-refractivity contribution in [1.82, 2.24) is 0 Å². The number of nitrogens with zero attached hydrogens (tertiary/aromatic N) is 1. The normalized spacial score (nSPS) is 20.2. The molecule has 1 fully saturated rings. The lowest BCUT2D eigenvalue weighted by Crippen LogP contribution is -2.30. The van der Waals surface area contributed by atoms with Crippen LogP contribution >= 0.6 is 0 Å². The molecule has 1 saturated carbocycles. The van der Waals surface area contributed by atoms with Gasteiger partial charge in [0.15, 0.2) is 0 Å². The smallest absolute Gasteiger partial charge is 0.119 e. The van der Waals surface area contributed by atoms with Gasteiger partial charge >= 0.3 is 0 Å². The molecule has 0 heterocycles. The lowest BCUT2D eigenvalue weighted by molar-refractivity contribution is 0.0807. The minimum atomic E-state index is 0.197. The largest absolute Gasteiger partial charge is 0.490 e. The van der Waals surface area contributed by atoms with Gasteiger partial charge in [-0.15, -0.1) is 4.91 Å². The average Bonchev–Trinajstić information content (AvgIpc) is 2.65. The maximum atomic E-state index is 10.4. The molecule has 2 aromatic carbocycles. The van der Waals surface area contributed by atoms with Crippen molar-refractivity contribution in [3.63, 3.8) is 0 Å². The fourth-order valence-corrected chi connectivity index (χ4v) is 2.92. The Kier molecular flexibility index (Phi) is 5.26. The maximum absolute atomic E-state index is 10.4. The lowest BCUT2D eigenvalue weighted by atomic mass is 9.95. The number of rotatable bonds is 6. The molecular formula is C20H21NO3. The monoisotopic (exact) mass is 323 g/mol. The van der Waals surface area contributed by atoms with Crippen LogP contribution in [0.15, 0.2) is 60.3 Å². The summed E-state index contributed by atoms with van der Waals surface area (Å²) < 4.78 is 12.0. The summed E-state index contributed by atoms with van der Waals surface area (Å²) in [4.78, 5) is 10.4. The summed E-state index contributed by atoms with van der Waals surface area (Å²) in [5.74, 6) is 1.69. The van der Waals surface area contributed by atoms with E-state index in [1.54, 1.807) is 24.3 Å². The standard InChI is InChI=1S/C20H21NO3/c1-2-15-3-7-17(8-4-15)23-19-11-13-20(14-12-19)24-18-9-5-16(21-22)6-10-18/h2-10,19-20H,1,11-14H2. The van der Waals surface area contributed by atoms with Crippen LogP contribution in [0.1, 0.15) is 31.2 Å². The zero-order valence-corrected chi connectivity index (χ0v) is 13.6. The Balaban J connectivity index is 1.47.